The number of nitrogens with one attached hydrogen (secondary N) is 1. The van der Waals surface area contributed by atoms with Crippen LogP contribution in [-0.4, -0.2) is 17.9 Å². The number of halogens is 1. The van der Waals surface area contributed by atoms with E-state index in [2.05, 4.69) is 21.2 Å². The van der Waals surface area contributed by atoms with Crippen LogP contribution >= 0.6 is 15.9 Å². The van der Waals surface area contributed by atoms with Gasteiger partial charge in [0.15, 0.2) is 0 Å². The van der Waals surface area contributed by atoms with E-state index in [9.17, 15) is 9.59 Å². The summed E-state index contributed by atoms with van der Waals surface area (Å²) in [5, 5.41) is 3.07. The predicted octanol–water partition coefficient (Wildman–Crippen LogP) is 5.10. The fourth-order valence-electron chi connectivity index (χ4n) is 3.30. The highest BCUT2D eigenvalue weighted by molar-refractivity contribution is 9.10. The molecule has 1 atom stereocenters. The van der Waals surface area contributed by atoms with Crippen LogP contribution in [0.4, 0.5) is 0 Å². The van der Waals surface area contributed by atoms with Crippen molar-refractivity contribution in [2.45, 2.75) is 51.2 Å². The van der Waals surface area contributed by atoms with Crippen molar-refractivity contribution in [2.75, 3.05) is 0 Å². The first kappa shape index (κ1) is 19.6. The van der Waals surface area contributed by atoms with Crippen molar-refractivity contribution < 1.29 is 14.3 Å². The number of hydrogen-bond acceptors (Lipinski definition) is 3. The van der Waals surface area contributed by atoms with Gasteiger partial charge >= 0.3 is 5.97 Å². The van der Waals surface area contributed by atoms with Gasteiger partial charge in [-0.2, -0.15) is 0 Å². The lowest BCUT2D eigenvalue weighted by atomic mass is 9.95. The number of aryl methyl sites for hydroxylation is 1. The number of hydrogen-bond donors (Lipinski definition) is 1. The summed E-state index contributed by atoms with van der Waals surface area (Å²) in [6.45, 7) is 1.98. The van der Waals surface area contributed by atoms with Crippen molar-refractivity contribution >= 4 is 27.8 Å². The molecule has 1 N–H and O–H groups in total. The molecule has 1 aliphatic rings. The summed E-state index contributed by atoms with van der Waals surface area (Å²) in [4.78, 5) is 25.5. The van der Waals surface area contributed by atoms with Gasteiger partial charge in [-0.15, -0.1) is 0 Å². The van der Waals surface area contributed by atoms with Crippen molar-refractivity contribution in [1.82, 2.24) is 5.32 Å². The first-order chi connectivity index (χ1) is 13.0. The Kier molecular flexibility index (Phi) is 6.67. The van der Waals surface area contributed by atoms with E-state index in [-0.39, 0.29) is 11.9 Å². The minimum Gasteiger partial charge on any atom is -0.444 e. The molecule has 0 aliphatic heterocycles. The topological polar surface area (TPSA) is 55.4 Å². The van der Waals surface area contributed by atoms with Gasteiger partial charge < -0.3 is 10.1 Å². The minimum atomic E-state index is -0.955. The van der Waals surface area contributed by atoms with E-state index in [0.29, 0.717) is 11.1 Å². The van der Waals surface area contributed by atoms with Gasteiger partial charge in [-0.3, -0.25) is 4.79 Å². The molecule has 1 amide bonds. The zero-order chi connectivity index (χ0) is 19.2. The van der Waals surface area contributed by atoms with E-state index >= 15 is 0 Å². The zero-order valence-corrected chi connectivity index (χ0v) is 17.0. The normalized spacial score (nSPS) is 15.8. The molecule has 0 radical (unpaired) electrons. The fourth-order valence-corrected chi connectivity index (χ4v) is 3.56. The second-order valence-corrected chi connectivity index (χ2v) is 7.96. The predicted molar refractivity (Wildman–Crippen MR) is 108 cm³/mol. The lowest BCUT2D eigenvalue weighted by Gasteiger charge is -2.25. The van der Waals surface area contributed by atoms with Crippen LogP contribution < -0.4 is 5.32 Å². The lowest BCUT2D eigenvalue weighted by molar-refractivity contribution is -0.131. The van der Waals surface area contributed by atoms with Crippen LogP contribution in [0, 0.1) is 6.92 Å². The summed E-state index contributed by atoms with van der Waals surface area (Å²) in [7, 11) is 0. The summed E-state index contributed by atoms with van der Waals surface area (Å²) in [5.41, 5.74) is 2.18. The van der Waals surface area contributed by atoms with Crippen LogP contribution in [0.2, 0.25) is 0 Å². The van der Waals surface area contributed by atoms with Gasteiger partial charge in [0.1, 0.15) is 0 Å². The third-order valence-electron chi connectivity index (χ3n) is 4.87. The molecular formula is C22H24BrNO3. The first-order valence-corrected chi connectivity index (χ1v) is 10.2. The van der Waals surface area contributed by atoms with Gasteiger partial charge in [0.25, 0.3) is 5.91 Å². The number of benzene rings is 2. The molecule has 5 heteroatoms. The monoisotopic (exact) mass is 429 g/mol. The van der Waals surface area contributed by atoms with E-state index in [0.717, 1.165) is 35.7 Å². The van der Waals surface area contributed by atoms with E-state index in [4.69, 9.17) is 4.74 Å². The fraction of sp³-hybridized carbons (Fsp3) is 0.364. The van der Waals surface area contributed by atoms with Crippen molar-refractivity contribution in [1.29, 1.82) is 0 Å². The van der Waals surface area contributed by atoms with Gasteiger partial charge in [0, 0.05) is 16.1 Å². The van der Waals surface area contributed by atoms with Gasteiger partial charge in [-0.05, 0) is 44.0 Å². The maximum Gasteiger partial charge on any atom is 0.339 e. The van der Waals surface area contributed by atoms with Crippen LogP contribution in [0.3, 0.4) is 0 Å². The molecule has 2 aromatic rings. The molecule has 27 heavy (non-hydrogen) atoms. The number of carbonyl (C=O) groups excluding carboxylic acids is 2. The molecule has 1 unspecified atom stereocenters. The number of rotatable bonds is 5. The summed E-state index contributed by atoms with van der Waals surface area (Å²) in [6, 6.07) is 14.6. The van der Waals surface area contributed by atoms with Crippen molar-refractivity contribution in [3.63, 3.8) is 0 Å². The molecule has 1 saturated carbocycles. The van der Waals surface area contributed by atoms with Crippen LogP contribution in [0.1, 0.15) is 59.7 Å². The Morgan fingerprint density at radius 3 is 2.26 bits per heavy atom. The Balaban J connectivity index is 1.78. The number of carbonyl (C=O) groups is 2. The SMILES string of the molecule is Cc1ccc(C(OC(=O)c2ccc(Br)cc2)C(=O)NC2CCCCC2)cc1. The molecule has 1 aliphatic carbocycles. The number of esters is 1. The second kappa shape index (κ2) is 9.18. The largest absolute Gasteiger partial charge is 0.444 e. The molecule has 2 aromatic carbocycles. The molecule has 3 rings (SSSR count). The van der Waals surface area contributed by atoms with Crippen LogP contribution in [0.5, 0.6) is 0 Å². The van der Waals surface area contributed by atoms with E-state index in [1.807, 2.05) is 31.2 Å². The van der Waals surface area contributed by atoms with Crippen LogP contribution in [-0.2, 0) is 9.53 Å². The van der Waals surface area contributed by atoms with Crippen molar-refractivity contribution in [2.24, 2.45) is 0 Å². The molecule has 0 saturated heterocycles. The zero-order valence-electron chi connectivity index (χ0n) is 15.4. The molecule has 0 aromatic heterocycles. The third-order valence-corrected chi connectivity index (χ3v) is 5.40. The third kappa shape index (κ3) is 5.42. The highest BCUT2D eigenvalue weighted by atomic mass is 79.9. The molecule has 142 valence electrons. The Morgan fingerprint density at radius 2 is 1.63 bits per heavy atom. The van der Waals surface area contributed by atoms with Crippen LogP contribution in [0.15, 0.2) is 53.0 Å². The smallest absolute Gasteiger partial charge is 0.339 e. The van der Waals surface area contributed by atoms with Gasteiger partial charge in [-0.1, -0.05) is 65.0 Å². The molecular weight excluding hydrogens is 406 g/mol. The van der Waals surface area contributed by atoms with E-state index in [1.54, 1.807) is 24.3 Å². The van der Waals surface area contributed by atoms with Crippen molar-refractivity contribution in [3.8, 4) is 0 Å². The Labute approximate surface area is 168 Å². The molecule has 0 spiro atoms. The Morgan fingerprint density at radius 1 is 1.00 bits per heavy atom. The average Bonchev–Trinajstić information content (AvgIpc) is 2.68. The summed E-state index contributed by atoms with van der Waals surface area (Å²) >= 11 is 3.35. The Hall–Kier alpha value is -2.14. The summed E-state index contributed by atoms with van der Waals surface area (Å²) in [5.74, 6) is -0.761. The van der Waals surface area contributed by atoms with Gasteiger partial charge in [0.2, 0.25) is 6.10 Å². The quantitative estimate of drug-likeness (QED) is 0.672. The highest BCUT2D eigenvalue weighted by Gasteiger charge is 2.28. The number of amides is 1. The maximum absolute atomic E-state index is 12.9. The lowest BCUT2D eigenvalue weighted by Crippen LogP contribution is -2.40. The molecule has 4 nitrogen and oxygen atoms in total. The van der Waals surface area contributed by atoms with Crippen molar-refractivity contribution in [3.05, 3.63) is 69.7 Å². The van der Waals surface area contributed by atoms with Gasteiger partial charge in [-0.25, -0.2) is 4.79 Å². The second-order valence-electron chi connectivity index (χ2n) is 7.05. The molecule has 0 heterocycles. The van der Waals surface area contributed by atoms with E-state index in [1.165, 1.54) is 6.42 Å². The minimum absolute atomic E-state index is 0.158. The first-order valence-electron chi connectivity index (χ1n) is 9.36. The van der Waals surface area contributed by atoms with Crippen LogP contribution in [0.25, 0.3) is 0 Å². The standard InChI is InChI=1S/C22H24BrNO3/c1-15-7-9-16(10-8-15)20(21(25)24-19-5-3-2-4-6-19)27-22(26)17-11-13-18(23)14-12-17/h7-14,19-20H,2-6H2,1H3,(H,24,25). The maximum atomic E-state index is 12.9. The van der Waals surface area contributed by atoms with E-state index < -0.39 is 12.1 Å². The molecule has 1 fully saturated rings. The number of ether oxygens (including phenoxy) is 1. The Bertz CT molecular complexity index is 780. The highest BCUT2D eigenvalue weighted by Crippen LogP contribution is 2.23. The summed E-state index contributed by atoms with van der Waals surface area (Å²) in [6.07, 6.45) is 4.47. The molecule has 0 bridgehead atoms. The van der Waals surface area contributed by atoms with Gasteiger partial charge in [0.05, 0.1) is 5.56 Å². The average molecular weight is 430 g/mol. The summed E-state index contributed by atoms with van der Waals surface area (Å²) < 4.78 is 6.52.